The van der Waals surface area contributed by atoms with Crippen LogP contribution in [0, 0.1) is 13.8 Å². The Bertz CT molecular complexity index is 2060. The predicted octanol–water partition coefficient (Wildman–Crippen LogP) is 6.17. The van der Waals surface area contributed by atoms with Crippen molar-refractivity contribution in [1.82, 2.24) is 0 Å². The van der Waals surface area contributed by atoms with Crippen molar-refractivity contribution in [2.45, 2.75) is 26.7 Å². The number of aromatic hydroxyl groups is 1. The van der Waals surface area contributed by atoms with Gasteiger partial charge in [0.1, 0.15) is 45.3 Å². The van der Waals surface area contributed by atoms with Crippen molar-refractivity contribution in [3.8, 4) is 23.0 Å². The number of carbonyl (C=O) groups is 6. The Morgan fingerprint density at radius 1 is 0.526 bits per heavy atom. The molecule has 0 fully saturated rings. The van der Waals surface area contributed by atoms with Gasteiger partial charge in [-0.25, -0.2) is 19.2 Å². The third kappa shape index (κ3) is 15.6. The van der Waals surface area contributed by atoms with Gasteiger partial charge in [-0.05, 0) is 84.6 Å². The number of halogens is 1. The molecule has 17 heteroatoms. The maximum Gasteiger partial charge on any atom is 0.341 e. The highest BCUT2D eigenvalue weighted by Crippen LogP contribution is 2.28. The number of carboxylic acid groups (broad SMARTS) is 3. The fraction of sp³-hybridized carbons (Fsp3) is 0.250. The minimum absolute atomic E-state index is 0.0596. The number of aliphatic carboxylic acids is 2. The van der Waals surface area contributed by atoms with Crippen LogP contribution in [0.1, 0.15) is 63.7 Å². The number of carbonyl (C=O) groups excluding carboxylic acids is 3. The zero-order chi connectivity index (χ0) is 43.4. The highest BCUT2D eigenvalue weighted by atomic mass is 79.9. The van der Waals surface area contributed by atoms with E-state index in [1.165, 1.54) is 79.1 Å². The van der Waals surface area contributed by atoms with Crippen LogP contribution >= 0.6 is 15.9 Å². The van der Waals surface area contributed by atoms with Gasteiger partial charge in [0.25, 0.3) is 0 Å². The summed E-state index contributed by atoms with van der Waals surface area (Å²) in [6.45, 7) is 3.72. The van der Waals surface area contributed by atoms with E-state index in [4.69, 9.17) is 34.6 Å². The van der Waals surface area contributed by atoms with E-state index in [9.17, 15) is 28.8 Å². The standard InChI is InChI=1S/C11H11BrO5.C11H12O5.C10H12O3.C8H8O3/c1-16-9-3-6(4-10(13)14)8(12)5-7(9)11(15)17-2;1-15-9-5-7(6-10(12)13)3-4-8(9)11(14)16-2;1-7-4-5-8(10(11)13-3)9(6-7)12-2;1-5-2-3-6(8(10)11)7(9)4-5/h3,5H,4H2,1-2H3,(H,13,14);3-5H,6H2,1-2H3,(H,12,13);4-6H,1-3H3;2-4,9H,1H3,(H,10,11). The second kappa shape index (κ2) is 24.0. The molecule has 0 radical (unpaired) electrons. The van der Waals surface area contributed by atoms with Crippen molar-refractivity contribution in [1.29, 1.82) is 0 Å². The lowest BCUT2D eigenvalue weighted by Crippen LogP contribution is -2.07. The summed E-state index contributed by atoms with van der Waals surface area (Å²) >= 11 is 3.21. The first-order valence-electron chi connectivity index (χ1n) is 16.3. The largest absolute Gasteiger partial charge is 0.507 e. The number of esters is 3. The van der Waals surface area contributed by atoms with E-state index in [0.29, 0.717) is 32.7 Å². The second-order valence-corrected chi connectivity index (χ2v) is 12.2. The number of hydrogen-bond donors (Lipinski definition) is 4. The molecule has 0 atom stereocenters. The van der Waals surface area contributed by atoms with E-state index >= 15 is 0 Å². The molecule has 16 nitrogen and oxygen atoms in total. The Morgan fingerprint density at radius 2 is 0.947 bits per heavy atom. The number of benzene rings is 4. The van der Waals surface area contributed by atoms with Gasteiger partial charge in [0.15, 0.2) is 0 Å². The molecule has 57 heavy (non-hydrogen) atoms. The van der Waals surface area contributed by atoms with Gasteiger partial charge < -0.3 is 48.8 Å². The molecule has 0 aliphatic carbocycles. The van der Waals surface area contributed by atoms with E-state index < -0.39 is 29.8 Å². The number of methoxy groups -OCH3 is 6. The number of hydrogen-bond acceptors (Lipinski definition) is 13. The summed E-state index contributed by atoms with van der Waals surface area (Å²) in [5.41, 5.74) is 3.90. The molecule has 4 rings (SSSR count). The molecule has 0 amide bonds. The van der Waals surface area contributed by atoms with Crippen LogP contribution in [0.4, 0.5) is 0 Å². The normalized spacial score (nSPS) is 9.63. The topological polar surface area (TPSA) is 239 Å². The summed E-state index contributed by atoms with van der Waals surface area (Å²) in [5, 5.41) is 34.9. The fourth-order valence-corrected chi connectivity index (χ4v) is 5.01. The summed E-state index contributed by atoms with van der Waals surface area (Å²) in [7, 11) is 8.23. The molecule has 0 aliphatic heterocycles. The van der Waals surface area contributed by atoms with Crippen LogP contribution in [-0.2, 0) is 36.6 Å². The Kier molecular flexibility index (Phi) is 20.4. The third-order valence-corrected chi connectivity index (χ3v) is 8.03. The minimum atomic E-state index is -1.11. The van der Waals surface area contributed by atoms with E-state index in [1.807, 2.05) is 13.0 Å². The lowest BCUT2D eigenvalue weighted by atomic mass is 10.1. The number of aromatic carboxylic acids is 1. The molecule has 0 spiro atoms. The van der Waals surface area contributed by atoms with Crippen LogP contribution in [0.3, 0.4) is 0 Å². The summed E-state index contributed by atoms with van der Waals surface area (Å²) in [6, 6.07) is 17.3. The monoisotopic (exact) mass is 858 g/mol. The lowest BCUT2D eigenvalue weighted by Gasteiger charge is -2.10. The quantitative estimate of drug-likeness (QED) is 0.0974. The van der Waals surface area contributed by atoms with Gasteiger partial charge >= 0.3 is 35.8 Å². The van der Waals surface area contributed by atoms with Crippen molar-refractivity contribution in [2.75, 3.05) is 42.7 Å². The Labute approximate surface area is 336 Å². The highest BCUT2D eigenvalue weighted by Gasteiger charge is 2.18. The SMILES string of the molecule is COC(=O)c1cc(Br)c(CC(=O)O)cc1OC.COC(=O)c1ccc(C)cc1OC.COC(=O)c1ccc(CC(=O)O)cc1OC.Cc1ccc(C(=O)O)c(O)c1. The van der Waals surface area contributed by atoms with Crippen molar-refractivity contribution < 1.29 is 77.6 Å². The molecule has 4 aromatic carbocycles. The molecular formula is C40H43BrO16. The molecule has 0 heterocycles. The Hall–Kier alpha value is -6.62. The fourth-order valence-electron chi connectivity index (χ4n) is 4.53. The first-order valence-corrected chi connectivity index (χ1v) is 17.1. The molecule has 4 N–H and O–H groups in total. The summed E-state index contributed by atoms with van der Waals surface area (Å²) in [5.74, 6) is -3.47. The Balaban J connectivity index is 0.000000385. The number of phenols is 1. The molecule has 0 saturated heterocycles. The van der Waals surface area contributed by atoms with Crippen LogP contribution in [0.5, 0.6) is 23.0 Å². The van der Waals surface area contributed by atoms with Crippen LogP contribution in [0.2, 0.25) is 0 Å². The van der Waals surface area contributed by atoms with Gasteiger partial charge in [0.05, 0.1) is 55.5 Å². The summed E-state index contributed by atoms with van der Waals surface area (Å²) in [4.78, 5) is 65.5. The zero-order valence-corrected chi connectivity index (χ0v) is 33.9. The van der Waals surface area contributed by atoms with Crippen LogP contribution in [-0.4, -0.2) is 98.9 Å². The van der Waals surface area contributed by atoms with Crippen molar-refractivity contribution >= 4 is 51.7 Å². The second-order valence-electron chi connectivity index (χ2n) is 11.3. The van der Waals surface area contributed by atoms with E-state index in [-0.39, 0.29) is 47.0 Å². The maximum absolute atomic E-state index is 11.4. The van der Waals surface area contributed by atoms with Gasteiger partial charge in [-0.1, -0.05) is 34.1 Å². The van der Waals surface area contributed by atoms with Gasteiger partial charge in [0, 0.05) is 4.47 Å². The average Bonchev–Trinajstić information content (AvgIpc) is 3.17. The number of ether oxygens (including phenoxy) is 6. The van der Waals surface area contributed by atoms with E-state index in [1.54, 1.807) is 31.2 Å². The van der Waals surface area contributed by atoms with Gasteiger partial charge in [-0.3, -0.25) is 9.59 Å². The molecule has 306 valence electrons. The molecular weight excluding hydrogens is 816 g/mol. The van der Waals surface area contributed by atoms with E-state index in [0.717, 1.165) is 11.1 Å². The number of aryl methyl sites for hydroxylation is 2. The minimum Gasteiger partial charge on any atom is -0.507 e. The third-order valence-electron chi connectivity index (χ3n) is 7.29. The molecule has 0 saturated carbocycles. The van der Waals surface area contributed by atoms with Crippen LogP contribution in [0.15, 0.2) is 71.2 Å². The molecule has 0 aromatic heterocycles. The van der Waals surface area contributed by atoms with Crippen molar-refractivity contribution in [2.24, 2.45) is 0 Å². The molecule has 0 unspecified atom stereocenters. The van der Waals surface area contributed by atoms with Crippen LogP contribution in [0.25, 0.3) is 0 Å². The Morgan fingerprint density at radius 3 is 1.39 bits per heavy atom. The maximum atomic E-state index is 11.4. The first kappa shape index (κ1) is 48.4. The number of carboxylic acids is 3. The lowest BCUT2D eigenvalue weighted by molar-refractivity contribution is -0.137. The smallest absolute Gasteiger partial charge is 0.341 e. The van der Waals surface area contributed by atoms with Gasteiger partial charge in [-0.15, -0.1) is 0 Å². The zero-order valence-electron chi connectivity index (χ0n) is 32.3. The van der Waals surface area contributed by atoms with Crippen LogP contribution < -0.4 is 14.2 Å². The summed E-state index contributed by atoms with van der Waals surface area (Å²) in [6.07, 6.45) is -0.268. The van der Waals surface area contributed by atoms with Crippen molar-refractivity contribution in [3.63, 3.8) is 0 Å². The molecule has 0 bridgehead atoms. The highest BCUT2D eigenvalue weighted by molar-refractivity contribution is 9.10. The van der Waals surface area contributed by atoms with Crippen molar-refractivity contribution in [3.05, 3.63) is 116 Å². The average molecular weight is 860 g/mol. The number of rotatable bonds is 11. The van der Waals surface area contributed by atoms with E-state index in [2.05, 4.69) is 30.1 Å². The molecule has 0 aliphatic rings. The molecule has 4 aromatic rings. The predicted molar refractivity (Wildman–Crippen MR) is 208 cm³/mol. The van der Waals surface area contributed by atoms with Gasteiger partial charge in [0.2, 0.25) is 0 Å². The first-order chi connectivity index (χ1) is 26.9. The summed E-state index contributed by atoms with van der Waals surface area (Å²) < 4.78 is 29.4. The van der Waals surface area contributed by atoms with Gasteiger partial charge in [-0.2, -0.15) is 0 Å².